The maximum atomic E-state index is 13.0. The number of hydrogen-bond donors (Lipinski definition) is 7. The summed E-state index contributed by atoms with van der Waals surface area (Å²) < 4.78 is 33.5. The van der Waals surface area contributed by atoms with Gasteiger partial charge in [-0.2, -0.15) is 0 Å². The highest BCUT2D eigenvalue weighted by Gasteiger charge is 2.47. The minimum absolute atomic E-state index is 0.154. The standard InChI is InChI=1S/C53H90O15/c1-3-5-7-9-11-13-15-17-19-20-22-23-25-27-29-31-33-35-44(55)63-38-41(66-45(56)36-34-32-30-28-26-24-21-18-16-14-12-10-8-6-4-2)39-64-52-51(62)49(60)47(58)43(68-52)40-65-53-50(61)48(59)46(57)42(37-54)67-53/h4,7,9,13,15,19-20,23,25,41-43,46-54,57-62H,2-3,5-6,8,10-12,14,16-18,21-22,24,26-40H2,1H3/b9-7+,15-13+,20-19+,25-23+/t41-,42+,43+,46-,47-,48?,49?,50?,51?,52+,53+/m0/s1. The molecule has 2 aliphatic rings. The first-order valence-electron chi connectivity index (χ1n) is 25.8. The van der Waals surface area contributed by atoms with Gasteiger partial charge in [-0.25, -0.2) is 0 Å². The van der Waals surface area contributed by atoms with Crippen LogP contribution in [0.2, 0.25) is 0 Å². The van der Waals surface area contributed by atoms with Crippen LogP contribution in [-0.2, 0) is 38.0 Å². The van der Waals surface area contributed by atoms with Gasteiger partial charge >= 0.3 is 11.9 Å². The van der Waals surface area contributed by atoms with Crippen molar-refractivity contribution in [2.24, 2.45) is 0 Å². The first-order valence-corrected chi connectivity index (χ1v) is 25.8. The molecule has 2 saturated heterocycles. The van der Waals surface area contributed by atoms with Crippen molar-refractivity contribution in [3.63, 3.8) is 0 Å². The van der Waals surface area contributed by atoms with E-state index in [0.29, 0.717) is 12.8 Å². The van der Waals surface area contributed by atoms with Crippen LogP contribution in [0.5, 0.6) is 0 Å². The highest BCUT2D eigenvalue weighted by Crippen LogP contribution is 2.26. The second kappa shape index (κ2) is 39.9. The molecule has 0 aromatic heterocycles. The van der Waals surface area contributed by atoms with E-state index in [0.717, 1.165) is 70.6 Å². The molecular weight excluding hydrogens is 877 g/mol. The molecule has 392 valence electrons. The van der Waals surface area contributed by atoms with Gasteiger partial charge in [0.25, 0.3) is 0 Å². The van der Waals surface area contributed by atoms with Crippen molar-refractivity contribution in [1.29, 1.82) is 0 Å². The van der Waals surface area contributed by atoms with Gasteiger partial charge in [-0.15, -0.1) is 6.58 Å². The summed E-state index contributed by atoms with van der Waals surface area (Å²) in [5.41, 5.74) is 0. The number of allylic oxidation sites excluding steroid dienone is 9. The molecule has 0 spiro atoms. The molecule has 68 heavy (non-hydrogen) atoms. The van der Waals surface area contributed by atoms with Gasteiger partial charge in [0, 0.05) is 12.8 Å². The quantitative estimate of drug-likeness (QED) is 0.0182. The smallest absolute Gasteiger partial charge is 0.306 e. The second-order valence-corrected chi connectivity index (χ2v) is 18.1. The Bertz CT molecular complexity index is 1400. The van der Waals surface area contributed by atoms with Crippen molar-refractivity contribution in [1.82, 2.24) is 0 Å². The van der Waals surface area contributed by atoms with Gasteiger partial charge in [-0.1, -0.05) is 145 Å². The largest absolute Gasteiger partial charge is 0.462 e. The molecule has 0 bridgehead atoms. The number of carbonyl (C=O) groups is 2. The second-order valence-electron chi connectivity index (χ2n) is 18.1. The Kier molecular flexibility index (Phi) is 36.0. The third-order valence-corrected chi connectivity index (χ3v) is 12.1. The Morgan fingerprint density at radius 1 is 0.515 bits per heavy atom. The number of aliphatic hydroxyl groups excluding tert-OH is 7. The molecule has 2 rings (SSSR count). The SMILES string of the molecule is C=CCCCCCCCCCCCCCCCC(=O)O[C@@H](COC(=O)CCCCC/C=C/C/C=C/C/C=C/C/C=C/CCC)CO[C@@H]1O[C@H](CO[C@@H]2O[C@H](CO)[C@H](O)C(O)C2O)[C@H](O)C(O)C1O. The summed E-state index contributed by atoms with van der Waals surface area (Å²) in [5, 5.41) is 72.1. The predicted octanol–water partition coefficient (Wildman–Crippen LogP) is 7.27. The number of rotatable bonds is 40. The van der Waals surface area contributed by atoms with Crippen molar-refractivity contribution in [2.45, 2.75) is 235 Å². The van der Waals surface area contributed by atoms with Crippen LogP contribution >= 0.6 is 0 Å². The fourth-order valence-electron chi connectivity index (χ4n) is 7.83. The third-order valence-electron chi connectivity index (χ3n) is 12.1. The summed E-state index contributed by atoms with van der Waals surface area (Å²) in [6.07, 6.45) is 27.1. The minimum Gasteiger partial charge on any atom is -0.462 e. The van der Waals surface area contributed by atoms with Gasteiger partial charge in [0.1, 0.15) is 55.4 Å². The summed E-state index contributed by atoms with van der Waals surface area (Å²) in [6, 6.07) is 0. The van der Waals surface area contributed by atoms with Gasteiger partial charge in [0.05, 0.1) is 19.8 Å². The first kappa shape index (κ1) is 61.3. The maximum absolute atomic E-state index is 13.0. The van der Waals surface area contributed by atoms with E-state index in [1.54, 1.807) is 0 Å². The van der Waals surface area contributed by atoms with Crippen molar-refractivity contribution >= 4 is 11.9 Å². The average Bonchev–Trinajstić information content (AvgIpc) is 3.33. The van der Waals surface area contributed by atoms with E-state index in [1.165, 1.54) is 64.2 Å². The molecule has 2 heterocycles. The highest BCUT2D eigenvalue weighted by atomic mass is 16.7. The van der Waals surface area contributed by atoms with Crippen LogP contribution in [0.25, 0.3) is 0 Å². The van der Waals surface area contributed by atoms with E-state index in [2.05, 4.69) is 62.1 Å². The van der Waals surface area contributed by atoms with Crippen LogP contribution < -0.4 is 0 Å². The number of esters is 2. The van der Waals surface area contributed by atoms with Crippen LogP contribution in [0.15, 0.2) is 61.3 Å². The number of unbranched alkanes of at least 4 members (excludes halogenated alkanes) is 17. The van der Waals surface area contributed by atoms with E-state index in [4.69, 9.17) is 28.4 Å². The van der Waals surface area contributed by atoms with E-state index in [-0.39, 0.29) is 19.4 Å². The summed E-state index contributed by atoms with van der Waals surface area (Å²) in [4.78, 5) is 25.8. The lowest BCUT2D eigenvalue weighted by molar-refractivity contribution is -0.332. The van der Waals surface area contributed by atoms with E-state index < -0.39 is 99.3 Å². The number of aliphatic hydroxyl groups is 7. The number of hydrogen-bond acceptors (Lipinski definition) is 15. The van der Waals surface area contributed by atoms with Crippen LogP contribution in [-0.4, -0.2) is 142 Å². The molecule has 4 unspecified atom stereocenters. The Morgan fingerprint density at radius 3 is 1.50 bits per heavy atom. The zero-order valence-electron chi connectivity index (χ0n) is 41.2. The summed E-state index contributed by atoms with van der Waals surface area (Å²) in [6.45, 7) is 4.02. The van der Waals surface area contributed by atoms with E-state index in [9.17, 15) is 45.3 Å². The molecule has 15 nitrogen and oxygen atoms in total. The molecule has 0 amide bonds. The van der Waals surface area contributed by atoms with Crippen molar-refractivity contribution in [3.05, 3.63) is 61.3 Å². The van der Waals surface area contributed by atoms with Gasteiger partial charge < -0.3 is 64.2 Å². The first-order chi connectivity index (χ1) is 33.0. The molecule has 0 aromatic carbocycles. The molecule has 0 aromatic rings. The molecule has 0 aliphatic carbocycles. The van der Waals surface area contributed by atoms with Gasteiger partial charge in [0.15, 0.2) is 18.7 Å². The fourth-order valence-corrected chi connectivity index (χ4v) is 7.83. The number of ether oxygens (including phenoxy) is 6. The zero-order chi connectivity index (χ0) is 49.6. The van der Waals surface area contributed by atoms with E-state index in [1.807, 2.05) is 6.08 Å². The molecular formula is C53H90O15. The van der Waals surface area contributed by atoms with E-state index >= 15 is 0 Å². The maximum Gasteiger partial charge on any atom is 0.306 e. The lowest BCUT2D eigenvalue weighted by Gasteiger charge is -2.42. The Morgan fingerprint density at radius 2 is 0.956 bits per heavy atom. The summed E-state index contributed by atoms with van der Waals surface area (Å²) >= 11 is 0. The van der Waals surface area contributed by atoms with Crippen molar-refractivity contribution < 1.29 is 73.8 Å². The van der Waals surface area contributed by atoms with Crippen LogP contribution in [0.3, 0.4) is 0 Å². The van der Waals surface area contributed by atoms with Gasteiger partial charge in [0.2, 0.25) is 0 Å². The monoisotopic (exact) mass is 967 g/mol. The lowest BCUT2D eigenvalue weighted by atomic mass is 9.98. The Hall–Kier alpha value is -2.80. The van der Waals surface area contributed by atoms with Gasteiger partial charge in [-0.3, -0.25) is 9.59 Å². The minimum atomic E-state index is -1.77. The third kappa shape index (κ3) is 27.6. The van der Waals surface area contributed by atoms with Gasteiger partial charge in [-0.05, 0) is 64.2 Å². The molecule has 0 radical (unpaired) electrons. The molecule has 15 heteroatoms. The normalized spacial score (nSPS) is 26.1. The predicted molar refractivity (Wildman–Crippen MR) is 261 cm³/mol. The Labute approximate surface area is 407 Å². The van der Waals surface area contributed by atoms with Crippen molar-refractivity contribution in [3.8, 4) is 0 Å². The fraction of sp³-hybridized carbons (Fsp3) is 0.774. The molecule has 2 fully saturated rings. The van der Waals surface area contributed by atoms with Crippen LogP contribution in [0, 0.1) is 0 Å². The topological polar surface area (TPSA) is 231 Å². The molecule has 11 atom stereocenters. The molecule has 2 aliphatic heterocycles. The number of carbonyl (C=O) groups excluding carboxylic acids is 2. The zero-order valence-corrected chi connectivity index (χ0v) is 41.2. The van der Waals surface area contributed by atoms with Crippen LogP contribution in [0.4, 0.5) is 0 Å². The Balaban J connectivity index is 1.82. The average molecular weight is 967 g/mol. The van der Waals surface area contributed by atoms with Crippen LogP contribution in [0.1, 0.15) is 167 Å². The summed E-state index contributed by atoms with van der Waals surface area (Å²) in [7, 11) is 0. The molecule has 7 N–H and O–H groups in total. The molecule has 0 saturated carbocycles. The lowest BCUT2D eigenvalue weighted by Crippen LogP contribution is -2.61. The highest BCUT2D eigenvalue weighted by molar-refractivity contribution is 5.70. The summed E-state index contributed by atoms with van der Waals surface area (Å²) in [5.74, 6) is -0.966. The van der Waals surface area contributed by atoms with Crippen molar-refractivity contribution in [2.75, 3.05) is 26.4 Å².